The Labute approximate surface area is 155 Å². The molecule has 7 nitrogen and oxygen atoms in total. The molecule has 1 rings (SSSR count). The highest BCUT2D eigenvalue weighted by atomic mass is 127. The standard InChI is InChI=1S/C15H27N5O2.HI/c1-5-8-17-13(21)7-9-18-15(16-6-2)19-10-14-20-11(3)12(4)22-14;/h5-10H2,1-4H3,(H,17,21)(H2,16,18,19);1H. The number of hydrogen-bond acceptors (Lipinski definition) is 4. The van der Waals surface area contributed by atoms with Crippen molar-refractivity contribution >= 4 is 35.8 Å². The number of oxazole rings is 1. The molecule has 8 heteroatoms. The molecule has 132 valence electrons. The topological polar surface area (TPSA) is 91.5 Å². The van der Waals surface area contributed by atoms with E-state index in [0.717, 1.165) is 31.0 Å². The molecule has 0 saturated heterocycles. The van der Waals surface area contributed by atoms with E-state index in [1.165, 1.54) is 0 Å². The number of aryl methyl sites for hydroxylation is 2. The van der Waals surface area contributed by atoms with Crippen LogP contribution < -0.4 is 16.0 Å². The van der Waals surface area contributed by atoms with Gasteiger partial charge in [0.1, 0.15) is 12.3 Å². The third-order valence-electron chi connectivity index (χ3n) is 3.01. The van der Waals surface area contributed by atoms with Gasteiger partial charge in [-0.15, -0.1) is 24.0 Å². The summed E-state index contributed by atoms with van der Waals surface area (Å²) in [5.74, 6) is 2.10. The molecule has 0 aliphatic rings. The smallest absolute Gasteiger partial charge is 0.221 e. The van der Waals surface area contributed by atoms with Crippen LogP contribution in [0.5, 0.6) is 0 Å². The van der Waals surface area contributed by atoms with Gasteiger partial charge in [-0.25, -0.2) is 9.98 Å². The van der Waals surface area contributed by atoms with Crippen molar-refractivity contribution in [1.82, 2.24) is 20.9 Å². The van der Waals surface area contributed by atoms with Gasteiger partial charge in [-0.2, -0.15) is 0 Å². The molecule has 23 heavy (non-hydrogen) atoms. The highest BCUT2D eigenvalue weighted by Crippen LogP contribution is 2.08. The second-order valence-electron chi connectivity index (χ2n) is 4.97. The van der Waals surface area contributed by atoms with Crippen LogP contribution in [-0.2, 0) is 11.3 Å². The molecule has 0 bridgehead atoms. The van der Waals surface area contributed by atoms with Gasteiger partial charge in [-0.05, 0) is 27.2 Å². The number of guanidine groups is 1. The van der Waals surface area contributed by atoms with E-state index < -0.39 is 0 Å². The van der Waals surface area contributed by atoms with Crippen molar-refractivity contribution in [3.05, 3.63) is 17.3 Å². The Morgan fingerprint density at radius 3 is 2.48 bits per heavy atom. The van der Waals surface area contributed by atoms with Crippen molar-refractivity contribution in [3.63, 3.8) is 0 Å². The van der Waals surface area contributed by atoms with E-state index in [0.29, 0.717) is 31.4 Å². The maximum atomic E-state index is 11.5. The number of amides is 1. The lowest BCUT2D eigenvalue weighted by Crippen LogP contribution is -2.39. The molecule has 0 aliphatic carbocycles. The summed E-state index contributed by atoms with van der Waals surface area (Å²) >= 11 is 0. The van der Waals surface area contributed by atoms with Gasteiger partial charge in [0, 0.05) is 26.1 Å². The monoisotopic (exact) mass is 437 g/mol. The largest absolute Gasteiger partial charge is 0.444 e. The van der Waals surface area contributed by atoms with E-state index in [2.05, 4.69) is 25.9 Å². The molecule has 0 aromatic carbocycles. The molecule has 1 aromatic heterocycles. The lowest BCUT2D eigenvalue weighted by molar-refractivity contribution is -0.120. The molecule has 0 unspecified atom stereocenters. The Balaban J connectivity index is 0.00000484. The van der Waals surface area contributed by atoms with Crippen LogP contribution in [0.1, 0.15) is 44.0 Å². The minimum atomic E-state index is 0. The van der Waals surface area contributed by atoms with E-state index in [1.807, 2.05) is 27.7 Å². The Morgan fingerprint density at radius 1 is 1.17 bits per heavy atom. The van der Waals surface area contributed by atoms with Crippen LogP contribution in [0.3, 0.4) is 0 Å². The van der Waals surface area contributed by atoms with Gasteiger partial charge in [0.25, 0.3) is 0 Å². The number of rotatable bonds is 8. The zero-order valence-corrected chi connectivity index (χ0v) is 16.7. The van der Waals surface area contributed by atoms with Crippen LogP contribution in [0.4, 0.5) is 0 Å². The molecule has 0 aliphatic heterocycles. The third kappa shape index (κ3) is 8.77. The number of nitrogens with one attached hydrogen (secondary N) is 3. The fraction of sp³-hybridized carbons (Fsp3) is 0.667. The van der Waals surface area contributed by atoms with Gasteiger partial charge in [-0.3, -0.25) is 4.79 Å². The molecule has 0 atom stereocenters. The highest BCUT2D eigenvalue weighted by molar-refractivity contribution is 14.0. The van der Waals surface area contributed by atoms with Crippen molar-refractivity contribution in [1.29, 1.82) is 0 Å². The van der Waals surface area contributed by atoms with Crippen LogP contribution in [0.25, 0.3) is 0 Å². The lowest BCUT2D eigenvalue weighted by Gasteiger charge is -2.10. The Kier molecular flexibility index (Phi) is 11.4. The van der Waals surface area contributed by atoms with E-state index in [1.54, 1.807) is 0 Å². The zero-order chi connectivity index (χ0) is 16.4. The van der Waals surface area contributed by atoms with Crippen molar-refractivity contribution in [2.75, 3.05) is 19.6 Å². The molecule has 0 radical (unpaired) electrons. The Hall–Kier alpha value is -1.32. The van der Waals surface area contributed by atoms with Crippen LogP contribution in [-0.4, -0.2) is 36.5 Å². The Morgan fingerprint density at radius 2 is 1.91 bits per heavy atom. The summed E-state index contributed by atoms with van der Waals surface area (Å²) in [6.07, 6.45) is 1.36. The normalized spacial score (nSPS) is 10.9. The fourth-order valence-electron chi connectivity index (χ4n) is 1.74. The second kappa shape index (κ2) is 12.1. The van der Waals surface area contributed by atoms with E-state index in [4.69, 9.17) is 4.42 Å². The summed E-state index contributed by atoms with van der Waals surface area (Å²) in [7, 11) is 0. The maximum Gasteiger partial charge on any atom is 0.221 e. The van der Waals surface area contributed by atoms with Crippen LogP contribution in [0, 0.1) is 13.8 Å². The first kappa shape index (κ1) is 21.7. The van der Waals surface area contributed by atoms with E-state index in [-0.39, 0.29) is 29.9 Å². The summed E-state index contributed by atoms with van der Waals surface area (Å²) in [5.41, 5.74) is 0.885. The molecular formula is C15H28IN5O2. The number of halogens is 1. The SMILES string of the molecule is CCCNC(=O)CCNC(=NCc1nc(C)c(C)o1)NCC.I. The lowest BCUT2D eigenvalue weighted by atomic mass is 10.4. The predicted octanol–water partition coefficient (Wildman–Crippen LogP) is 1.88. The average Bonchev–Trinajstić information content (AvgIpc) is 2.81. The van der Waals surface area contributed by atoms with Crippen LogP contribution >= 0.6 is 24.0 Å². The van der Waals surface area contributed by atoms with Gasteiger partial charge >= 0.3 is 0 Å². The number of hydrogen-bond donors (Lipinski definition) is 3. The van der Waals surface area contributed by atoms with Crippen LogP contribution in [0.2, 0.25) is 0 Å². The summed E-state index contributed by atoms with van der Waals surface area (Å²) < 4.78 is 5.49. The first-order valence-electron chi connectivity index (χ1n) is 7.78. The summed E-state index contributed by atoms with van der Waals surface area (Å²) in [5, 5.41) is 9.10. The first-order chi connectivity index (χ1) is 10.6. The summed E-state index contributed by atoms with van der Waals surface area (Å²) in [6.45, 7) is 10.2. The van der Waals surface area contributed by atoms with E-state index in [9.17, 15) is 4.79 Å². The van der Waals surface area contributed by atoms with E-state index >= 15 is 0 Å². The van der Waals surface area contributed by atoms with Gasteiger partial charge in [0.15, 0.2) is 5.96 Å². The van der Waals surface area contributed by atoms with Crippen molar-refractivity contribution in [3.8, 4) is 0 Å². The molecule has 1 heterocycles. The molecule has 3 N–H and O–H groups in total. The quantitative estimate of drug-likeness (QED) is 0.328. The average molecular weight is 437 g/mol. The van der Waals surface area contributed by atoms with Crippen molar-refractivity contribution < 1.29 is 9.21 Å². The van der Waals surface area contributed by atoms with Gasteiger partial charge in [0.05, 0.1) is 5.69 Å². The molecule has 0 saturated carbocycles. The number of aromatic nitrogens is 1. The third-order valence-corrected chi connectivity index (χ3v) is 3.01. The van der Waals surface area contributed by atoms with Gasteiger partial charge in [0.2, 0.25) is 11.8 Å². The van der Waals surface area contributed by atoms with Gasteiger partial charge in [-0.1, -0.05) is 6.92 Å². The fourth-order valence-corrected chi connectivity index (χ4v) is 1.74. The number of carbonyl (C=O) groups excluding carboxylic acids is 1. The molecule has 0 fully saturated rings. The maximum absolute atomic E-state index is 11.5. The molecular weight excluding hydrogens is 409 g/mol. The Bertz CT molecular complexity index is 483. The zero-order valence-electron chi connectivity index (χ0n) is 14.4. The molecule has 0 spiro atoms. The minimum absolute atomic E-state index is 0. The highest BCUT2D eigenvalue weighted by Gasteiger charge is 2.06. The van der Waals surface area contributed by atoms with Gasteiger partial charge < -0.3 is 20.4 Å². The minimum Gasteiger partial charge on any atom is -0.444 e. The predicted molar refractivity (Wildman–Crippen MR) is 102 cm³/mol. The summed E-state index contributed by atoms with van der Waals surface area (Å²) in [4.78, 5) is 20.2. The number of carbonyl (C=O) groups is 1. The molecule has 1 aromatic rings. The van der Waals surface area contributed by atoms with Crippen molar-refractivity contribution in [2.45, 2.75) is 47.1 Å². The number of nitrogens with zero attached hydrogens (tertiary/aromatic N) is 2. The molecule has 1 amide bonds. The first-order valence-corrected chi connectivity index (χ1v) is 7.78. The number of aliphatic imine (C=N–C) groups is 1. The second-order valence-corrected chi connectivity index (χ2v) is 4.97. The van der Waals surface area contributed by atoms with Crippen molar-refractivity contribution in [2.24, 2.45) is 4.99 Å². The van der Waals surface area contributed by atoms with Crippen LogP contribution in [0.15, 0.2) is 9.41 Å². The summed E-state index contributed by atoms with van der Waals surface area (Å²) in [6, 6.07) is 0.